The first-order valence-electron chi connectivity index (χ1n) is 8.51. The minimum Gasteiger partial charge on any atom is -0.361 e. The highest BCUT2D eigenvalue weighted by Crippen LogP contribution is 2.19. The van der Waals surface area contributed by atoms with Crippen molar-refractivity contribution in [2.75, 3.05) is 6.54 Å². The van der Waals surface area contributed by atoms with E-state index in [0.717, 1.165) is 22.2 Å². The number of aryl methyl sites for hydroxylation is 1. The highest BCUT2D eigenvalue weighted by molar-refractivity contribution is 5.94. The molecule has 0 unspecified atom stereocenters. The van der Waals surface area contributed by atoms with Crippen molar-refractivity contribution in [2.45, 2.75) is 13.3 Å². The molecule has 0 fully saturated rings. The van der Waals surface area contributed by atoms with Gasteiger partial charge in [-0.3, -0.25) is 4.79 Å². The lowest BCUT2D eigenvalue weighted by molar-refractivity contribution is 0.0954. The van der Waals surface area contributed by atoms with Gasteiger partial charge in [-0.25, -0.2) is 4.39 Å². The molecule has 8 heteroatoms. The van der Waals surface area contributed by atoms with Gasteiger partial charge in [0.2, 0.25) is 0 Å². The van der Waals surface area contributed by atoms with Crippen molar-refractivity contribution in [1.82, 2.24) is 30.5 Å². The maximum Gasteiger partial charge on any atom is 0.251 e. The molecule has 2 aromatic heterocycles. The van der Waals surface area contributed by atoms with Crippen LogP contribution in [0.15, 0.2) is 48.7 Å². The first-order valence-corrected chi connectivity index (χ1v) is 8.51. The van der Waals surface area contributed by atoms with Gasteiger partial charge in [0.1, 0.15) is 5.82 Å². The number of nitrogens with one attached hydrogen (secondary N) is 2. The summed E-state index contributed by atoms with van der Waals surface area (Å²) in [6, 6.07) is 11.7. The molecule has 0 bridgehead atoms. The van der Waals surface area contributed by atoms with Crippen molar-refractivity contribution >= 4 is 16.8 Å². The Balaban J connectivity index is 1.44. The van der Waals surface area contributed by atoms with Crippen molar-refractivity contribution in [1.29, 1.82) is 0 Å². The number of H-pyrrole nitrogens is 1. The zero-order valence-electron chi connectivity index (χ0n) is 14.6. The summed E-state index contributed by atoms with van der Waals surface area (Å²) in [5.41, 5.74) is 3.08. The van der Waals surface area contributed by atoms with Crippen molar-refractivity contribution in [2.24, 2.45) is 0 Å². The number of benzene rings is 2. The van der Waals surface area contributed by atoms with E-state index in [2.05, 4.69) is 25.8 Å². The summed E-state index contributed by atoms with van der Waals surface area (Å²) in [4.78, 5) is 15.6. The second kappa shape index (κ2) is 6.99. The van der Waals surface area contributed by atoms with Gasteiger partial charge in [-0.2, -0.15) is 4.68 Å². The van der Waals surface area contributed by atoms with E-state index in [1.54, 1.807) is 35.9 Å². The lowest BCUT2D eigenvalue weighted by Crippen LogP contribution is -2.25. The van der Waals surface area contributed by atoms with Gasteiger partial charge >= 0.3 is 0 Å². The number of hydrogen-bond acceptors (Lipinski definition) is 4. The maximum absolute atomic E-state index is 13.4. The molecule has 27 heavy (non-hydrogen) atoms. The van der Waals surface area contributed by atoms with Crippen LogP contribution in [0.25, 0.3) is 16.6 Å². The number of carbonyl (C=O) groups is 1. The van der Waals surface area contributed by atoms with Crippen molar-refractivity contribution in [3.63, 3.8) is 0 Å². The second-order valence-corrected chi connectivity index (χ2v) is 6.20. The van der Waals surface area contributed by atoms with E-state index in [1.807, 2.05) is 12.3 Å². The van der Waals surface area contributed by atoms with Gasteiger partial charge in [0.05, 0.1) is 5.69 Å². The molecule has 4 aromatic rings. The van der Waals surface area contributed by atoms with E-state index in [0.29, 0.717) is 24.4 Å². The molecule has 0 saturated carbocycles. The Bertz CT molecular complexity index is 1120. The second-order valence-electron chi connectivity index (χ2n) is 6.20. The average molecular weight is 364 g/mol. The Morgan fingerprint density at radius 3 is 2.96 bits per heavy atom. The van der Waals surface area contributed by atoms with Crippen LogP contribution in [0, 0.1) is 12.7 Å². The number of rotatable bonds is 5. The number of carbonyl (C=O) groups excluding carboxylic acids is 1. The predicted octanol–water partition coefficient (Wildman–Crippen LogP) is 2.56. The SMILES string of the molecule is Cc1nnnn1-c1cccc(C(=O)NCCc2c[nH]c3ccc(F)cc23)c1. The predicted molar refractivity (Wildman–Crippen MR) is 98.2 cm³/mol. The Morgan fingerprint density at radius 2 is 2.15 bits per heavy atom. The fourth-order valence-corrected chi connectivity index (χ4v) is 3.02. The van der Waals surface area contributed by atoms with Crippen LogP contribution in [0.2, 0.25) is 0 Å². The fraction of sp³-hybridized carbons (Fsp3) is 0.158. The van der Waals surface area contributed by atoms with Gasteiger partial charge in [-0.15, -0.1) is 5.10 Å². The van der Waals surface area contributed by atoms with Crippen LogP contribution in [0.5, 0.6) is 0 Å². The normalized spacial score (nSPS) is 11.0. The van der Waals surface area contributed by atoms with E-state index in [-0.39, 0.29) is 11.7 Å². The molecule has 0 spiro atoms. The molecule has 4 rings (SSSR count). The van der Waals surface area contributed by atoms with Crippen LogP contribution in [-0.2, 0) is 6.42 Å². The first kappa shape index (κ1) is 16.9. The van der Waals surface area contributed by atoms with Crippen molar-refractivity contribution < 1.29 is 9.18 Å². The number of halogens is 1. The van der Waals surface area contributed by atoms with E-state index in [4.69, 9.17) is 0 Å². The molecule has 2 heterocycles. The zero-order valence-corrected chi connectivity index (χ0v) is 14.6. The maximum atomic E-state index is 13.4. The van der Waals surface area contributed by atoms with Crippen LogP contribution in [0.4, 0.5) is 4.39 Å². The van der Waals surface area contributed by atoms with E-state index in [9.17, 15) is 9.18 Å². The van der Waals surface area contributed by atoms with Crippen molar-refractivity contribution in [3.05, 3.63) is 71.4 Å². The molecule has 1 amide bonds. The Labute approximate surface area is 154 Å². The molecule has 136 valence electrons. The Hall–Kier alpha value is -3.55. The summed E-state index contributed by atoms with van der Waals surface area (Å²) in [6.45, 7) is 2.23. The van der Waals surface area contributed by atoms with E-state index < -0.39 is 0 Å². The molecule has 2 aromatic carbocycles. The molecule has 2 N–H and O–H groups in total. The average Bonchev–Trinajstić information content (AvgIpc) is 3.28. The Kier molecular flexibility index (Phi) is 4.37. The topological polar surface area (TPSA) is 88.5 Å². The smallest absolute Gasteiger partial charge is 0.251 e. The minimum atomic E-state index is -0.276. The highest BCUT2D eigenvalue weighted by Gasteiger charge is 2.10. The monoisotopic (exact) mass is 364 g/mol. The summed E-state index contributed by atoms with van der Waals surface area (Å²) < 4.78 is 15.0. The molecule has 7 nitrogen and oxygen atoms in total. The third kappa shape index (κ3) is 3.41. The summed E-state index contributed by atoms with van der Waals surface area (Å²) in [5.74, 6) is 0.176. The molecule has 0 aliphatic heterocycles. The summed E-state index contributed by atoms with van der Waals surface area (Å²) in [7, 11) is 0. The van der Waals surface area contributed by atoms with Gasteiger partial charge in [0.25, 0.3) is 5.91 Å². The lowest BCUT2D eigenvalue weighted by atomic mass is 10.1. The van der Waals surface area contributed by atoms with Gasteiger partial charge in [0.15, 0.2) is 5.82 Å². The third-order valence-electron chi connectivity index (χ3n) is 4.39. The third-order valence-corrected chi connectivity index (χ3v) is 4.39. The molecule has 0 atom stereocenters. The number of aromatic amines is 1. The van der Waals surface area contributed by atoms with Crippen LogP contribution >= 0.6 is 0 Å². The van der Waals surface area contributed by atoms with Crippen molar-refractivity contribution in [3.8, 4) is 5.69 Å². The molecule has 0 aliphatic rings. The van der Waals surface area contributed by atoms with E-state index >= 15 is 0 Å². The summed E-state index contributed by atoms with van der Waals surface area (Å²) in [5, 5.41) is 15.1. The number of amides is 1. The Morgan fingerprint density at radius 1 is 1.26 bits per heavy atom. The molecule has 0 saturated heterocycles. The van der Waals surface area contributed by atoms with Crippen LogP contribution in [-0.4, -0.2) is 37.6 Å². The largest absolute Gasteiger partial charge is 0.361 e. The van der Waals surface area contributed by atoms with E-state index in [1.165, 1.54) is 12.1 Å². The van der Waals surface area contributed by atoms with Crippen LogP contribution in [0.3, 0.4) is 0 Å². The number of nitrogens with zero attached hydrogens (tertiary/aromatic N) is 4. The first-order chi connectivity index (χ1) is 13.1. The van der Waals surface area contributed by atoms with Gasteiger partial charge in [-0.05, 0) is 65.7 Å². The van der Waals surface area contributed by atoms with Gasteiger partial charge < -0.3 is 10.3 Å². The number of fused-ring (bicyclic) bond motifs is 1. The molecule has 0 radical (unpaired) electrons. The van der Waals surface area contributed by atoms with Gasteiger partial charge in [-0.1, -0.05) is 6.07 Å². The number of hydrogen-bond donors (Lipinski definition) is 2. The fourth-order valence-electron chi connectivity index (χ4n) is 3.02. The minimum absolute atomic E-state index is 0.186. The molecule has 0 aliphatic carbocycles. The number of aromatic nitrogens is 5. The lowest BCUT2D eigenvalue weighted by Gasteiger charge is -2.07. The molecular weight excluding hydrogens is 347 g/mol. The molecular formula is C19H17FN6O. The standard InChI is InChI=1S/C19H17FN6O/c1-12-23-24-25-26(12)16-4-2-3-13(9-16)19(27)21-8-7-14-11-22-18-6-5-15(20)10-17(14)18/h2-6,9-11,22H,7-8H2,1H3,(H,21,27). The van der Waals surface area contributed by atoms with Crippen LogP contribution < -0.4 is 5.32 Å². The summed E-state index contributed by atoms with van der Waals surface area (Å²) in [6.07, 6.45) is 2.44. The quantitative estimate of drug-likeness (QED) is 0.570. The van der Waals surface area contributed by atoms with Crippen LogP contribution in [0.1, 0.15) is 21.7 Å². The van der Waals surface area contributed by atoms with Gasteiger partial charge in [0, 0.05) is 29.2 Å². The zero-order chi connectivity index (χ0) is 18.8. The summed E-state index contributed by atoms with van der Waals surface area (Å²) >= 11 is 0. The highest BCUT2D eigenvalue weighted by atomic mass is 19.1. The number of tetrazole rings is 1.